The zero-order valence-electron chi connectivity index (χ0n) is 9.96. The number of pyridine rings is 1. The number of fused-ring (bicyclic) bond motifs is 1. The number of rotatable bonds is 2. The average Bonchev–Trinajstić information content (AvgIpc) is 2.78. The smallest absolute Gasteiger partial charge is 0.260 e. The van der Waals surface area contributed by atoms with Gasteiger partial charge in [-0.1, -0.05) is 30.3 Å². The minimum atomic E-state index is -0.514. The second-order valence-corrected chi connectivity index (χ2v) is 5.11. The molecule has 0 aliphatic heterocycles. The quantitative estimate of drug-likeness (QED) is 0.750. The lowest BCUT2D eigenvalue weighted by Crippen LogP contribution is -2.10. The number of nitrogens with zero attached hydrogens (tertiary/aromatic N) is 1. The predicted molar refractivity (Wildman–Crippen MR) is 78.0 cm³/mol. The Hall–Kier alpha value is -2.40. The molecule has 0 aliphatic rings. The maximum absolute atomic E-state index is 11.4. The molecule has 5 heteroatoms. The van der Waals surface area contributed by atoms with Gasteiger partial charge in [-0.25, -0.2) is 4.98 Å². The van der Waals surface area contributed by atoms with E-state index in [0.29, 0.717) is 10.6 Å². The van der Waals surface area contributed by atoms with Crippen LogP contribution in [0.15, 0.2) is 42.6 Å². The number of carbonyl (C=O) groups is 1. The van der Waals surface area contributed by atoms with Gasteiger partial charge in [0.1, 0.15) is 9.71 Å². The molecule has 19 heavy (non-hydrogen) atoms. The summed E-state index contributed by atoms with van der Waals surface area (Å²) in [5.41, 5.74) is 13.8. The molecule has 2 aromatic heterocycles. The number of nitrogens with two attached hydrogens (primary N) is 2. The number of amides is 1. The van der Waals surface area contributed by atoms with E-state index < -0.39 is 5.91 Å². The highest BCUT2D eigenvalue weighted by Gasteiger charge is 2.17. The number of carbonyl (C=O) groups excluding carboxylic acids is 1. The third kappa shape index (κ3) is 1.84. The fourth-order valence-corrected chi connectivity index (χ4v) is 3.03. The maximum Gasteiger partial charge on any atom is 0.260 e. The summed E-state index contributed by atoms with van der Waals surface area (Å²) in [6.45, 7) is 0. The number of hydrogen-bond acceptors (Lipinski definition) is 4. The Morgan fingerprint density at radius 1 is 1.16 bits per heavy atom. The lowest BCUT2D eigenvalue weighted by molar-refractivity contribution is 0.100. The molecule has 0 radical (unpaired) electrons. The van der Waals surface area contributed by atoms with Crippen molar-refractivity contribution in [3.8, 4) is 11.1 Å². The normalized spacial score (nSPS) is 10.7. The van der Waals surface area contributed by atoms with Crippen molar-refractivity contribution in [3.05, 3.63) is 47.5 Å². The van der Waals surface area contributed by atoms with Crippen molar-refractivity contribution in [1.29, 1.82) is 0 Å². The molecule has 4 N–H and O–H groups in total. The van der Waals surface area contributed by atoms with Crippen molar-refractivity contribution in [3.63, 3.8) is 0 Å². The summed E-state index contributed by atoms with van der Waals surface area (Å²) in [7, 11) is 0. The van der Waals surface area contributed by atoms with E-state index in [1.54, 1.807) is 6.20 Å². The molecule has 0 fully saturated rings. The van der Waals surface area contributed by atoms with Crippen LogP contribution < -0.4 is 11.5 Å². The van der Waals surface area contributed by atoms with Gasteiger partial charge in [-0.3, -0.25) is 4.79 Å². The van der Waals surface area contributed by atoms with Crippen LogP contribution in [0, 0.1) is 0 Å². The number of anilines is 1. The van der Waals surface area contributed by atoms with E-state index in [2.05, 4.69) is 4.98 Å². The predicted octanol–water partition coefficient (Wildman–Crippen LogP) is 2.64. The van der Waals surface area contributed by atoms with E-state index in [4.69, 9.17) is 11.5 Å². The number of nitrogen functional groups attached to an aromatic ring is 1. The minimum absolute atomic E-state index is 0.367. The molecule has 3 aromatic rings. The van der Waals surface area contributed by atoms with Crippen molar-refractivity contribution < 1.29 is 4.79 Å². The Morgan fingerprint density at radius 2 is 1.89 bits per heavy atom. The molecule has 3 rings (SSSR count). The van der Waals surface area contributed by atoms with E-state index in [-0.39, 0.29) is 0 Å². The van der Waals surface area contributed by atoms with Crippen molar-refractivity contribution in [1.82, 2.24) is 4.98 Å². The monoisotopic (exact) mass is 269 g/mol. The van der Waals surface area contributed by atoms with Gasteiger partial charge >= 0.3 is 0 Å². The van der Waals surface area contributed by atoms with Gasteiger partial charge in [-0.15, -0.1) is 11.3 Å². The number of aromatic nitrogens is 1. The van der Waals surface area contributed by atoms with Crippen LogP contribution in [0.4, 0.5) is 5.69 Å². The van der Waals surface area contributed by atoms with E-state index in [1.165, 1.54) is 11.3 Å². The first-order valence-corrected chi connectivity index (χ1v) is 6.52. The Labute approximate surface area is 113 Å². The number of hydrogen-bond donors (Lipinski definition) is 2. The van der Waals surface area contributed by atoms with Crippen LogP contribution in [0.2, 0.25) is 0 Å². The fraction of sp³-hybridized carbons (Fsp3) is 0. The van der Waals surface area contributed by atoms with Crippen molar-refractivity contribution in [2.45, 2.75) is 0 Å². The number of primary amides is 1. The van der Waals surface area contributed by atoms with E-state index in [0.717, 1.165) is 21.3 Å². The molecule has 0 aliphatic carbocycles. The SMILES string of the molecule is NC(=O)c1sc2nccc(-c3ccccc3)c2c1N. The van der Waals surface area contributed by atoms with Crippen LogP contribution in [0.25, 0.3) is 21.3 Å². The molecule has 2 heterocycles. The summed E-state index contributed by atoms with van der Waals surface area (Å²) in [6, 6.07) is 11.8. The average molecular weight is 269 g/mol. The molecule has 94 valence electrons. The molecule has 0 spiro atoms. The first kappa shape index (κ1) is 11.7. The Kier molecular flexibility index (Phi) is 2.68. The van der Waals surface area contributed by atoms with Crippen LogP contribution >= 0.6 is 11.3 Å². The van der Waals surface area contributed by atoms with Gasteiger partial charge < -0.3 is 11.5 Å². The first-order valence-electron chi connectivity index (χ1n) is 5.70. The summed E-state index contributed by atoms with van der Waals surface area (Å²) in [6.07, 6.45) is 1.71. The molecule has 1 amide bonds. The zero-order valence-corrected chi connectivity index (χ0v) is 10.8. The van der Waals surface area contributed by atoms with Gasteiger partial charge in [-0.2, -0.15) is 0 Å². The first-order chi connectivity index (χ1) is 9.18. The van der Waals surface area contributed by atoms with Crippen molar-refractivity contribution in [2.24, 2.45) is 5.73 Å². The topological polar surface area (TPSA) is 82.0 Å². The molecule has 0 bridgehead atoms. The van der Waals surface area contributed by atoms with Gasteiger partial charge in [0, 0.05) is 11.6 Å². The zero-order chi connectivity index (χ0) is 13.4. The Balaban J connectivity index is 2.35. The van der Waals surface area contributed by atoms with Gasteiger partial charge in [0.2, 0.25) is 0 Å². The number of benzene rings is 1. The van der Waals surface area contributed by atoms with Crippen molar-refractivity contribution >= 4 is 33.1 Å². The molecule has 1 aromatic carbocycles. The molecular weight excluding hydrogens is 258 g/mol. The summed E-state index contributed by atoms with van der Waals surface area (Å²) in [5, 5.41) is 0.799. The van der Waals surface area contributed by atoms with Crippen molar-refractivity contribution in [2.75, 3.05) is 5.73 Å². The summed E-state index contributed by atoms with van der Waals surface area (Å²) in [4.78, 5) is 16.7. The van der Waals surface area contributed by atoms with Crippen LogP contribution in [0.1, 0.15) is 9.67 Å². The second-order valence-electron chi connectivity index (χ2n) is 4.11. The largest absolute Gasteiger partial charge is 0.397 e. The third-order valence-corrected chi connectivity index (χ3v) is 4.07. The van der Waals surface area contributed by atoms with Gasteiger partial charge in [0.05, 0.1) is 5.69 Å². The fourth-order valence-electron chi connectivity index (χ4n) is 2.09. The highest BCUT2D eigenvalue weighted by Crippen LogP contribution is 2.38. The molecule has 0 saturated heterocycles. The van der Waals surface area contributed by atoms with Crippen LogP contribution in [0.3, 0.4) is 0 Å². The van der Waals surface area contributed by atoms with E-state index >= 15 is 0 Å². The lowest BCUT2D eigenvalue weighted by atomic mass is 10.0. The van der Waals surface area contributed by atoms with Gasteiger partial charge in [0.25, 0.3) is 5.91 Å². The van der Waals surface area contributed by atoms with Gasteiger partial charge in [-0.05, 0) is 17.2 Å². The van der Waals surface area contributed by atoms with Crippen LogP contribution in [-0.2, 0) is 0 Å². The lowest BCUT2D eigenvalue weighted by Gasteiger charge is -2.04. The summed E-state index contributed by atoms with van der Waals surface area (Å²) < 4.78 is 0. The molecule has 4 nitrogen and oxygen atoms in total. The molecule has 0 atom stereocenters. The summed E-state index contributed by atoms with van der Waals surface area (Å²) in [5.74, 6) is -0.514. The van der Waals surface area contributed by atoms with Crippen LogP contribution in [0.5, 0.6) is 0 Å². The molecule has 0 saturated carbocycles. The summed E-state index contributed by atoms with van der Waals surface area (Å²) >= 11 is 1.23. The molecule has 0 unspecified atom stereocenters. The van der Waals surface area contributed by atoms with E-state index in [9.17, 15) is 4.79 Å². The minimum Gasteiger partial charge on any atom is -0.397 e. The van der Waals surface area contributed by atoms with Gasteiger partial charge in [0.15, 0.2) is 0 Å². The maximum atomic E-state index is 11.4. The number of thiophene rings is 1. The highest BCUT2D eigenvalue weighted by molar-refractivity contribution is 7.21. The standard InChI is InChI=1S/C14H11N3OS/c15-11-10-9(8-4-2-1-3-5-8)6-7-17-14(10)19-12(11)13(16)18/h1-7H,15H2,(H2,16,18). The molecular formula is C14H11N3OS. The Morgan fingerprint density at radius 3 is 2.58 bits per heavy atom. The van der Waals surface area contributed by atoms with Crippen LogP contribution in [-0.4, -0.2) is 10.9 Å². The third-order valence-electron chi connectivity index (χ3n) is 2.94. The second kappa shape index (κ2) is 4.37. The Bertz CT molecular complexity index is 765. The van der Waals surface area contributed by atoms with E-state index in [1.807, 2.05) is 36.4 Å². The highest BCUT2D eigenvalue weighted by atomic mass is 32.1.